The van der Waals surface area contributed by atoms with Crippen molar-refractivity contribution in [1.82, 2.24) is 5.32 Å². The van der Waals surface area contributed by atoms with Gasteiger partial charge in [0, 0.05) is 23.2 Å². The van der Waals surface area contributed by atoms with Crippen molar-refractivity contribution in [2.24, 2.45) is 0 Å². The van der Waals surface area contributed by atoms with E-state index < -0.39 is 0 Å². The zero-order chi connectivity index (χ0) is 20.7. The second-order valence-electron chi connectivity index (χ2n) is 7.68. The number of rotatable bonds is 4. The van der Waals surface area contributed by atoms with Crippen LogP contribution in [0.25, 0.3) is 21.9 Å². The number of benzene rings is 3. The number of phenolic OH excluding ortho intramolecular Hbond substituents is 1. The van der Waals surface area contributed by atoms with E-state index >= 15 is 0 Å². The molecule has 0 aliphatic carbocycles. The van der Waals surface area contributed by atoms with Gasteiger partial charge >= 0.3 is 0 Å². The Morgan fingerprint density at radius 1 is 1.07 bits per heavy atom. The van der Waals surface area contributed by atoms with E-state index in [1.165, 1.54) is 0 Å². The zero-order valence-electron chi connectivity index (χ0n) is 17.2. The van der Waals surface area contributed by atoms with E-state index in [4.69, 9.17) is 9.47 Å². The molecule has 4 rings (SSSR count). The molecule has 3 aromatic rings. The fourth-order valence-corrected chi connectivity index (χ4v) is 4.65. The van der Waals surface area contributed by atoms with Gasteiger partial charge in [-0.3, -0.25) is 0 Å². The molecule has 5 nitrogen and oxygen atoms in total. The Bertz CT molecular complexity index is 1080. The Balaban J connectivity index is 2.06. The summed E-state index contributed by atoms with van der Waals surface area (Å²) in [6.07, 6.45) is 0.873. The molecule has 3 N–H and O–H groups in total. The number of aromatic hydroxyl groups is 1. The summed E-state index contributed by atoms with van der Waals surface area (Å²) in [7, 11) is 3.23. The van der Waals surface area contributed by atoms with Crippen molar-refractivity contribution in [2.45, 2.75) is 39.0 Å². The highest BCUT2D eigenvalue weighted by Crippen LogP contribution is 2.47. The highest BCUT2D eigenvalue weighted by atomic mass is 16.5. The lowest BCUT2D eigenvalue weighted by molar-refractivity contribution is 0.281. The van der Waals surface area contributed by atoms with Gasteiger partial charge in [0.2, 0.25) is 0 Å². The van der Waals surface area contributed by atoms with Crippen LogP contribution in [0.15, 0.2) is 36.4 Å². The number of hydrogen-bond acceptors (Lipinski definition) is 5. The van der Waals surface area contributed by atoms with Crippen LogP contribution in [0.1, 0.15) is 36.6 Å². The first kappa shape index (κ1) is 19.6. The van der Waals surface area contributed by atoms with Gasteiger partial charge in [0.25, 0.3) is 0 Å². The fraction of sp³-hybridized carbons (Fsp3) is 0.333. The third-order valence-corrected chi connectivity index (χ3v) is 5.85. The van der Waals surface area contributed by atoms with Crippen LogP contribution in [0, 0.1) is 0 Å². The maximum atomic E-state index is 11.3. The Hall–Kier alpha value is -2.76. The molecule has 0 spiro atoms. The smallest absolute Gasteiger partial charge is 0.130 e. The van der Waals surface area contributed by atoms with E-state index in [1.54, 1.807) is 14.2 Å². The zero-order valence-corrected chi connectivity index (χ0v) is 17.2. The lowest BCUT2D eigenvalue weighted by Crippen LogP contribution is -2.36. The third-order valence-electron chi connectivity index (χ3n) is 5.85. The minimum Gasteiger partial charge on any atom is -0.507 e. The van der Waals surface area contributed by atoms with Crippen molar-refractivity contribution in [1.29, 1.82) is 0 Å². The van der Waals surface area contributed by atoms with E-state index in [9.17, 15) is 10.2 Å². The third kappa shape index (κ3) is 3.11. The van der Waals surface area contributed by atoms with E-state index in [1.807, 2.05) is 30.3 Å². The molecule has 3 aromatic carbocycles. The van der Waals surface area contributed by atoms with Crippen LogP contribution in [-0.4, -0.2) is 30.5 Å². The number of aliphatic hydroxyl groups is 1. The topological polar surface area (TPSA) is 71.0 Å². The van der Waals surface area contributed by atoms with Gasteiger partial charge in [-0.2, -0.15) is 0 Å². The van der Waals surface area contributed by atoms with Crippen LogP contribution >= 0.6 is 0 Å². The van der Waals surface area contributed by atoms with Crippen LogP contribution < -0.4 is 14.8 Å². The minimum atomic E-state index is -0.166. The van der Waals surface area contributed by atoms with Crippen molar-refractivity contribution in [3.8, 4) is 28.4 Å². The van der Waals surface area contributed by atoms with E-state index in [0.717, 1.165) is 33.9 Å². The Morgan fingerprint density at radius 2 is 1.83 bits per heavy atom. The van der Waals surface area contributed by atoms with Crippen molar-refractivity contribution in [3.63, 3.8) is 0 Å². The Labute approximate surface area is 170 Å². The molecular weight excluding hydrogens is 366 g/mol. The summed E-state index contributed by atoms with van der Waals surface area (Å²) in [6, 6.07) is 12.0. The van der Waals surface area contributed by atoms with Gasteiger partial charge in [-0.1, -0.05) is 24.3 Å². The lowest BCUT2D eigenvalue weighted by atomic mass is 9.85. The number of ether oxygens (including phenoxy) is 2. The molecule has 0 radical (unpaired) electrons. The Morgan fingerprint density at radius 3 is 2.52 bits per heavy atom. The van der Waals surface area contributed by atoms with Gasteiger partial charge < -0.3 is 25.0 Å². The molecule has 0 saturated carbocycles. The normalized spacial score (nSPS) is 18.5. The van der Waals surface area contributed by atoms with E-state index in [0.29, 0.717) is 28.7 Å². The number of phenols is 1. The molecule has 1 aliphatic heterocycles. The second kappa shape index (κ2) is 7.58. The summed E-state index contributed by atoms with van der Waals surface area (Å²) in [6.45, 7) is 4.05. The number of methoxy groups -OCH3 is 2. The average molecular weight is 393 g/mol. The predicted octanol–water partition coefficient (Wildman–Crippen LogP) is 4.32. The molecule has 0 saturated heterocycles. The summed E-state index contributed by atoms with van der Waals surface area (Å²) in [5, 5.41) is 26.6. The molecule has 1 heterocycles. The first-order valence-electron chi connectivity index (χ1n) is 9.88. The minimum absolute atomic E-state index is 0.0466. The van der Waals surface area contributed by atoms with Crippen molar-refractivity contribution < 1.29 is 19.7 Å². The summed E-state index contributed by atoms with van der Waals surface area (Å²) < 4.78 is 11.2. The highest BCUT2D eigenvalue weighted by molar-refractivity contribution is 6.05. The molecule has 0 amide bonds. The van der Waals surface area contributed by atoms with Gasteiger partial charge in [-0.05, 0) is 54.5 Å². The molecule has 1 aliphatic rings. The molecular formula is C24H27NO4. The maximum absolute atomic E-state index is 11.3. The SMILES string of the molecule is COc1cccc2c(-c3ccc4c(c3O)[C@@H](C)N[C@@H](C)C4)c(CO)cc(OC)c12. The van der Waals surface area contributed by atoms with Crippen LogP contribution in [0.4, 0.5) is 0 Å². The fourth-order valence-electron chi connectivity index (χ4n) is 4.65. The maximum Gasteiger partial charge on any atom is 0.130 e. The molecule has 29 heavy (non-hydrogen) atoms. The summed E-state index contributed by atoms with van der Waals surface area (Å²) in [4.78, 5) is 0. The van der Waals surface area contributed by atoms with E-state index in [-0.39, 0.29) is 18.4 Å². The predicted molar refractivity (Wildman–Crippen MR) is 115 cm³/mol. The van der Waals surface area contributed by atoms with E-state index in [2.05, 4.69) is 25.2 Å². The van der Waals surface area contributed by atoms with Gasteiger partial charge in [-0.15, -0.1) is 0 Å². The summed E-state index contributed by atoms with van der Waals surface area (Å²) >= 11 is 0. The van der Waals surface area contributed by atoms with Crippen LogP contribution in [0.2, 0.25) is 0 Å². The monoisotopic (exact) mass is 393 g/mol. The van der Waals surface area contributed by atoms with Crippen molar-refractivity contribution >= 4 is 10.8 Å². The lowest BCUT2D eigenvalue weighted by Gasteiger charge is -2.31. The molecule has 0 unspecified atom stereocenters. The molecule has 2 atom stereocenters. The quantitative estimate of drug-likeness (QED) is 0.616. The van der Waals surface area contributed by atoms with Gasteiger partial charge in [0.05, 0.1) is 26.2 Å². The summed E-state index contributed by atoms with van der Waals surface area (Å²) in [5.74, 6) is 1.58. The number of hydrogen-bond donors (Lipinski definition) is 3. The van der Waals surface area contributed by atoms with Crippen LogP contribution in [0.5, 0.6) is 17.2 Å². The largest absolute Gasteiger partial charge is 0.507 e. The number of nitrogens with one attached hydrogen (secondary N) is 1. The van der Waals surface area contributed by atoms with Crippen LogP contribution in [0.3, 0.4) is 0 Å². The Kier molecular flexibility index (Phi) is 5.11. The average Bonchev–Trinajstić information content (AvgIpc) is 2.72. The first-order valence-corrected chi connectivity index (χ1v) is 9.88. The first-order chi connectivity index (χ1) is 14.0. The molecule has 0 bridgehead atoms. The number of fused-ring (bicyclic) bond motifs is 2. The van der Waals surface area contributed by atoms with Crippen molar-refractivity contribution in [3.05, 3.63) is 53.1 Å². The molecule has 5 heteroatoms. The van der Waals surface area contributed by atoms with Crippen LogP contribution in [-0.2, 0) is 13.0 Å². The molecule has 0 fully saturated rings. The molecule has 0 aromatic heterocycles. The second-order valence-corrected chi connectivity index (χ2v) is 7.68. The van der Waals surface area contributed by atoms with Gasteiger partial charge in [0.15, 0.2) is 0 Å². The van der Waals surface area contributed by atoms with Gasteiger partial charge in [0.1, 0.15) is 17.2 Å². The van der Waals surface area contributed by atoms with Crippen molar-refractivity contribution in [2.75, 3.05) is 14.2 Å². The number of aliphatic hydroxyl groups excluding tert-OH is 1. The van der Waals surface area contributed by atoms with Gasteiger partial charge in [-0.25, -0.2) is 0 Å². The highest BCUT2D eigenvalue weighted by Gasteiger charge is 2.27. The standard InChI is InChI=1S/C24H27NO4/c1-13-10-15-8-9-18(24(27)21(15)14(2)25-13)22-16(12-26)11-20(29-4)23-17(22)6-5-7-19(23)28-3/h5-9,11,13-14,25-27H,10,12H2,1-4H3/t13-,14+/m0/s1. The summed E-state index contributed by atoms with van der Waals surface area (Å²) in [5.41, 5.74) is 4.29. The molecule has 152 valence electrons.